The van der Waals surface area contributed by atoms with Gasteiger partial charge in [0.2, 0.25) is 0 Å². The predicted octanol–water partition coefficient (Wildman–Crippen LogP) is 0.978. The van der Waals surface area contributed by atoms with Gasteiger partial charge < -0.3 is 24.5 Å². The first-order chi connectivity index (χ1) is 11.0. The van der Waals surface area contributed by atoms with Gasteiger partial charge in [-0.1, -0.05) is 12.1 Å². The van der Waals surface area contributed by atoms with Gasteiger partial charge in [-0.2, -0.15) is 0 Å². The molecule has 2 aliphatic rings. The predicted molar refractivity (Wildman–Crippen MR) is 79.1 cm³/mol. The van der Waals surface area contributed by atoms with Gasteiger partial charge in [0.05, 0.1) is 5.56 Å². The fraction of sp³-hybridized carbons (Fsp3) is 0.353. The van der Waals surface area contributed by atoms with Crippen LogP contribution in [0.2, 0.25) is 0 Å². The number of fused-ring (bicyclic) bond motifs is 3. The Morgan fingerprint density at radius 3 is 2.57 bits per heavy atom. The molecule has 4 rings (SSSR count). The van der Waals surface area contributed by atoms with E-state index in [1.54, 1.807) is 24.3 Å². The molecule has 1 aromatic carbocycles. The van der Waals surface area contributed by atoms with Crippen molar-refractivity contribution >= 4 is 0 Å². The number of phenolic OH excluding ortho intramolecular Hbond substituents is 1. The maximum absolute atomic E-state index is 12.3. The second kappa shape index (κ2) is 5.19. The highest BCUT2D eigenvalue weighted by Crippen LogP contribution is 2.49. The van der Waals surface area contributed by atoms with Gasteiger partial charge in [-0.3, -0.25) is 4.79 Å². The highest BCUT2D eigenvalue weighted by molar-refractivity contribution is 5.34. The maximum Gasteiger partial charge on any atom is 0.191 e. The van der Waals surface area contributed by atoms with Crippen LogP contribution in [0, 0.1) is 0 Å². The van der Waals surface area contributed by atoms with E-state index < -0.39 is 24.4 Å². The van der Waals surface area contributed by atoms with Crippen LogP contribution in [0.1, 0.15) is 34.9 Å². The van der Waals surface area contributed by atoms with Gasteiger partial charge in [-0.05, 0) is 24.1 Å². The first-order valence-corrected chi connectivity index (χ1v) is 7.51. The molecule has 4 atom stereocenters. The largest absolute Gasteiger partial charge is 0.508 e. The molecule has 23 heavy (non-hydrogen) atoms. The van der Waals surface area contributed by atoms with Crippen LogP contribution in [0.4, 0.5) is 0 Å². The third-order valence-electron chi connectivity index (χ3n) is 4.40. The van der Waals surface area contributed by atoms with Gasteiger partial charge in [-0.25, -0.2) is 0 Å². The Morgan fingerprint density at radius 1 is 1.09 bits per heavy atom. The van der Waals surface area contributed by atoms with Gasteiger partial charge >= 0.3 is 0 Å². The van der Waals surface area contributed by atoms with E-state index in [1.807, 2.05) is 0 Å². The van der Waals surface area contributed by atoms with Crippen molar-refractivity contribution in [2.24, 2.45) is 0 Å². The molecular formula is C17H16O6. The van der Waals surface area contributed by atoms with Crippen LogP contribution in [-0.2, 0) is 17.6 Å². The fourth-order valence-electron chi connectivity index (χ4n) is 3.08. The van der Waals surface area contributed by atoms with Crippen molar-refractivity contribution in [2.75, 3.05) is 0 Å². The van der Waals surface area contributed by atoms with Gasteiger partial charge in [0.15, 0.2) is 5.43 Å². The molecule has 0 radical (unpaired) electrons. The minimum atomic E-state index is -1.24. The van der Waals surface area contributed by atoms with Crippen LogP contribution in [-0.4, -0.2) is 27.5 Å². The van der Waals surface area contributed by atoms with Crippen LogP contribution in [0.3, 0.4) is 0 Å². The standard InChI is InChI=1S/C17H16O6/c18-9-4-1-8(2-5-9)3-6-10-7-11(19)12-15(22-10)13(20)14(21)17-16(12)23-17/h1-2,4-5,7,13-14,16-18,20-21H,3,6H2. The lowest BCUT2D eigenvalue weighted by Crippen LogP contribution is -2.32. The maximum atomic E-state index is 12.3. The van der Waals surface area contributed by atoms with E-state index in [0.29, 0.717) is 24.2 Å². The Hall–Kier alpha value is -2.15. The normalized spacial score (nSPS) is 28.1. The molecule has 120 valence electrons. The van der Waals surface area contributed by atoms with Crippen LogP contribution in [0.25, 0.3) is 0 Å². The third kappa shape index (κ3) is 2.45. The number of aromatic hydroxyl groups is 1. The van der Waals surface area contributed by atoms with E-state index in [9.17, 15) is 20.1 Å². The highest BCUT2D eigenvalue weighted by Gasteiger charge is 2.56. The van der Waals surface area contributed by atoms with Crippen molar-refractivity contribution in [1.82, 2.24) is 0 Å². The molecule has 2 heterocycles. The molecule has 1 aliphatic heterocycles. The number of aryl methyl sites for hydroxylation is 2. The molecule has 4 unspecified atom stereocenters. The van der Waals surface area contributed by atoms with Crippen LogP contribution in [0.5, 0.6) is 5.75 Å². The summed E-state index contributed by atoms with van der Waals surface area (Å²) in [5, 5.41) is 29.3. The number of aliphatic hydroxyl groups is 2. The third-order valence-corrected chi connectivity index (χ3v) is 4.40. The second-order valence-corrected chi connectivity index (χ2v) is 5.98. The average molecular weight is 316 g/mol. The molecule has 6 nitrogen and oxygen atoms in total. The van der Waals surface area contributed by atoms with Crippen molar-refractivity contribution in [2.45, 2.75) is 37.3 Å². The molecule has 1 aliphatic carbocycles. The number of hydrogen-bond donors (Lipinski definition) is 3. The summed E-state index contributed by atoms with van der Waals surface area (Å²) < 4.78 is 10.9. The zero-order valence-corrected chi connectivity index (χ0v) is 12.2. The van der Waals surface area contributed by atoms with Crippen molar-refractivity contribution in [1.29, 1.82) is 0 Å². The number of rotatable bonds is 3. The first-order valence-electron chi connectivity index (χ1n) is 7.51. The molecule has 0 spiro atoms. The lowest BCUT2D eigenvalue weighted by atomic mass is 9.92. The van der Waals surface area contributed by atoms with Crippen LogP contribution < -0.4 is 5.43 Å². The summed E-state index contributed by atoms with van der Waals surface area (Å²) in [4.78, 5) is 12.3. The molecule has 3 N–H and O–H groups in total. The Labute approximate surface area is 131 Å². The number of phenols is 1. The molecule has 2 aromatic rings. The van der Waals surface area contributed by atoms with Gasteiger partial charge in [0.1, 0.15) is 41.7 Å². The van der Waals surface area contributed by atoms with E-state index in [2.05, 4.69) is 0 Å². The molecular weight excluding hydrogens is 300 g/mol. The summed E-state index contributed by atoms with van der Waals surface area (Å²) in [6, 6.07) is 8.22. The Balaban J connectivity index is 1.60. The SMILES string of the molecule is O=c1cc(CCc2ccc(O)cc2)oc2c1C1OC1C(O)C2O. The molecule has 1 saturated heterocycles. The van der Waals surface area contributed by atoms with E-state index in [4.69, 9.17) is 9.15 Å². The number of epoxide rings is 1. The lowest BCUT2D eigenvalue weighted by Gasteiger charge is -2.21. The quantitative estimate of drug-likeness (QED) is 0.729. The Morgan fingerprint density at radius 2 is 1.83 bits per heavy atom. The van der Waals surface area contributed by atoms with E-state index in [-0.39, 0.29) is 16.9 Å². The van der Waals surface area contributed by atoms with E-state index >= 15 is 0 Å². The van der Waals surface area contributed by atoms with Crippen molar-refractivity contribution < 1.29 is 24.5 Å². The Bertz CT molecular complexity index is 794. The molecule has 1 aromatic heterocycles. The van der Waals surface area contributed by atoms with Gasteiger partial charge in [0, 0.05) is 12.5 Å². The summed E-state index contributed by atoms with van der Waals surface area (Å²) in [5.74, 6) is 0.766. The zero-order chi connectivity index (χ0) is 16.1. The van der Waals surface area contributed by atoms with Crippen LogP contribution >= 0.6 is 0 Å². The Kier molecular flexibility index (Phi) is 3.26. The van der Waals surface area contributed by atoms with Crippen molar-refractivity contribution in [3.8, 4) is 5.75 Å². The van der Waals surface area contributed by atoms with Crippen molar-refractivity contribution in [3.05, 3.63) is 63.2 Å². The lowest BCUT2D eigenvalue weighted by molar-refractivity contribution is -0.0137. The number of hydrogen-bond acceptors (Lipinski definition) is 6. The molecule has 6 heteroatoms. The number of benzene rings is 1. The molecule has 1 fully saturated rings. The number of ether oxygens (including phenoxy) is 1. The minimum Gasteiger partial charge on any atom is -0.508 e. The van der Waals surface area contributed by atoms with Crippen molar-refractivity contribution in [3.63, 3.8) is 0 Å². The van der Waals surface area contributed by atoms with E-state index in [1.165, 1.54) is 6.07 Å². The topological polar surface area (TPSA) is 103 Å². The summed E-state index contributed by atoms with van der Waals surface area (Å²) in [5.41, 5.74) is 1.08. The highest BCUT2D eigenvalue weighted by atomic mass is 16.6. The smallest absolute Gasteiger partial charge is 0.191 e. The summed E-state index contributed by atoms with van der Waals surface area (Å²) in [6.45, 7) is 0. The zero-order valence-electron chi connectivity index (χ0n) is 12.2. The second-order valence-electron chi connectivity index (χ2n) is 5.98. The van der Waals surface area contributed by atoms with Gasteiger partial charge in [-0.15, -0.1) is 0 Å². The number of aliphatic hydroxyl groups excluding tert-OH is 2. The van der Waals surface area contributed by atoms with Gasteiger partial charge in [0.25, 0.3) is 0 Å². The minimum absolute atomic E-state index is 0.115. The summed E-state index contributed by atoms with van der Waals surface area (Å²) in [7, 11) is 0. The molecule has 0 amide bonds. The monoisotopic (exact) mass is 316 g/mol. The molecule has 0 bridgehead atoms. The summed E-state index contributed by atoms with van der Waals surface area (Å²) in [6.07, 6.45) is -2.18. The van der Waals surface area contributed by atoms with Crippen LogP contribution in [0.15, 0.2) is 39.5 Å². The molecule has 0 saturated carbocycles. The first kappa shape index (κ1) is 14.4. The fourth-order valence-corrected chi connectivity index (χ4v) is 3.08. The van der Waals surface area contributed by atoms with E-state index in [0.717, 1.165) is 5.56 Å². The summed E-state index contributed by atoms with van der Waals surface area (Å²) >= 11 is 0. The average Bonchev–Trinajstić information content (AvgIpc) is 3.32.